The van der Waals surface area contributed by atoms with Crippen LogP contribution in [0.5, 0.6) is 11.6 Å². The summed E-state index contributed by atoms with van der Waals surface area (Å²) in [7, 11) is 2.91. The fourth-order valence-corrected chi connectivity index (χ4v) is 1.51. The second-order valence-corrected chi connectivity index (χ2v) is 3.22. The molecule has 17 heavy (non-hydrogen) atoms. The first-order valence-corrected chi connectivity index (χ1v) is 4.79. The van der Waals surface area contributed by atoms with E-state index in [1.54, 1.807) is 18.2 Å². The standard InChI is InChI=1S/C11H10N2O4/c1-16-7-5-3-4-6-8(7)12-9(11(14)15)13-10(6)17-2/h3-5H,1-2H3,(H,14,15). The highest BCUT2D eigenvalue weighted by atomic mass is 16.5. The van der Waals surface area contributed by atoms with E-state index >= 15 is 0 Å². The monoisotopic (exact) mass is 234 g/mol. The van der Waals surface area contributed by atoms with Crippen LogP contribution in [0.3, 0.4) is 0 Å². The van der Waals surface area contributed by atoms with Crippen LogP contribution in [-0.4, -0.2) is 35.3 Å². The van der Waals surface area contributed by atoms with Crippen molar-refractivity contribution in [3.8, 4) is 11.6 Å². The summed E-state index contributed by atoms with van der Waals surface area (Å²) in [5.74, 6) is -0.841. The summed E-state index contributed by atoms with van der Waals surface area (Å²) in [6.07, 6.45) is 0. The van der Waals surface area contributed by atoms with Crippen LogP contribution in [-0.2, 0) is 0 Å². The first kappa shape index (κ1) is 11.1. The van der Waals surface area contributed by atoms with Crippen LogP contribution in [0.4, 0.5) is 0 Å². The fraction of sp³-hybridized carbons (Fsp3) is 0.182. The van der Waals surface area contributed by atoms with Crippen molar-refractivity contribution in [1.82, 2.24) is 9.97 Å². The lowest BCUT2D eigenvalue weighted by molar-refractivity contribution is 0.0683. The van der Waals surface area contributed by atoms with E-state index < -0.39 is 5.97 Å². The minimum absolute atomic E-state index is 0.214. The van der Waals surface area contributed by atoms with Gasteiger partial charge in [0.2, 0.25) is 11.7 Å². The highest BCUT2D eigenvalue weighted by molar-refractivity contribution is 5.92. The van der Waals surface area contributed by atoms with E-state index in [0.717, 1.165) is 0 Å². The number of hydrogen-bond donors (Lipinski definition) is 1. The largest absolute Gasteiger partial charge is 0.494 e. The Kier molecular flexibility index (Phi) is 2.78. The summed E-state index contributed by atoms with van der Waals surface area (Å²) in [5.41, 5.74) is 0.416. The summed E-state index contributed by atoms with van der Waals surface area (Å²) in [5, 5.41) is 9.51. The van der Waals surface area contributed by atoms with Gasteiger partial charge in [0.15, 0.2) is 0 Å². The van der Waals surface area contributed by atoms with Gasteiger partial charge in [-0.25, -0.2) is 9.78 Å². The normalized spacial score (nSPS) is 10.2. The van der Waals surface area contributed by atoms with Gasteiger partial charge in [-0.3, -0.25) is 0 Å². The molecular weight excluding hydrogens is 224 g/mol. The topological polar surface area (TPSA) is 81.5 Å². The van der Waals surface area contributed by atoms with Gasteiger partial charge in [-0.2, -0.15) is 4.98 Å². The summed E-state index contributed by atoms with van der Waals surface area (Å²) < 4.78 is 10.2. The molecule has 0 bridgehead atoms. The van der Waals surface area contributed by atoms with Crippen molar-refractivity contribution in [2.24, 2.45) is 0 Å². The predicted molar refractivity (Wildman–Crippen MR) is 59.6 cm³/mol. The third-order valence-corrected chi connectivity index (χ3v) is 2.26. The van der Waals surface area contributed by atoms with Crippen LogP contribution in [0.15, 0.2) is 18.2 Å². The maximum Gasteiger partial charge on any atom is 0.374 e. The van der Waals surface area contributed by atoms with Gasteiger partial charge >= 0.3 is 5.97 Å². The average molecular weight is 234 g/mol. The van der Waals surface area contributed by atoms with Gasteiger partial charge < -0.3 is 14.6 Å². The van der Waals surface area contributed by atoms with Gasteiger partial charge in [0.25, 0.3) is 0 Å². The maximum absolute atomic E-state index is 10.9. The van der Waals surface area contributed by atoms with Gasteiger partial charge in [-0.05, 0) is 12.1 Å². The highest BCUT2D eigenvalue weighted by Crippen LogP contribution is 2.29. The number of para-hydroxylation sites is 1. The molecule has 0 fully saturated rings. The Morgan fingerprint density at radius 2 is 2.00 bits per heavy atom. The van der Waals surface area contributed by atoms with Gasteiger partial charge in [0.05, 0.1) is 19.6 Å². The molecule has 0 saturated heterocycles. The highest BCUT2D eigenvalue weighted by Gasteiger charge is 2.15. The quantitative estimate of drug-likeness (QED) is 0.863. The number of benzene rings is 1. The first-order valence-electron chi connectivity index (χ1n) is 4.79. The fourth-order valence-electron chi connectivity index (χ4n) is 1.51. The molecule has 88 valence electrons. The summed E-state index contributed by atoms with van der Waals surface area (Å²) >= 11 is 0. The minimum Gasteiger partial charge on any atom is -0.494 e. The molecule has 1 N–H and O–H groups in total. The van der Waals surface area contributed by atoms with E-state index in [2.05, 4.69) is 9.97 Å². The van der Waals surface area contributed by atoms with Crippen molar-refractivity contribution in [3.63, 3.8) is 0 Å². The number of aromatic carboxylic acids is 1. The zero-order valence-electron chi connectivity index (χ0n) is 9.30. The Bertz CT molecular complexity index is 583. The average Bonchev–Trinajstić information content (AvgIpc) is 2.36. The van der Waals surface area contributed by atoms with E-state index in [0.29, 0.717) is 16.7 Å². The number of ether oxygens (including phenoxy) is 2. The molecule has 0 spiro atoms. The van der Waals surface area contributed by atoms with E-state index in [-0.39, 0.29) is 11.7 Å². The van der Waals surface area contributed by atoms with Crippen LogP contribution in [0.1, 0.15) is 10.6 Å². The Morgan fingerprint density at radius 3 is 2.59 bits per heavy atom. The molecule has 0 unspecified atom stereocenters. The third kappa shape index (κ3) is 1.84. The van der Waals surface area contributed by atoms with Crippen molar-refractivity contribution in [3.05, 3.63) is 24.0 Å². The zero-order valence-corrected chi connectivity index (χ0v) is 9.30. The molecule has 0 radical (unpaired) electrons. The molecule has 0 aliphatic rings. The Balaban J connectivity index is 2.82. The molecule has 1 heterocycles. The Morgan fingerprint density at radius 1 is 1.24 bits per heavy atom. The summed E-state index contributed by atoms with van der Waals surface area (Å²) in [6.45, 7) is 0. The molecule has 6 heteroatoms. The molecule has 0 atom stereocenters. The van der Waals surface area contributed by atoms with Crippen LogP contribution >= 0.6 is 0 Å². The lowest BCUT2D eigenvalue weighted by atomic mass is 10.2. The number of carboxylic acid groups (broad SMARTS) is 1. The number of aromatic nitrogens is 2. The smallest absolute Gasteiger partial charge is 0.374 e. The molecule has 6 nitrogen and oxygen atoms in total. The number of carboxylic acids is 1. The molecule has 0 amide bonds. The molecule has 1 aromatic heterocycles. The number of carbonyl (C=O) groups is 1. The van der Waals surface area contributed by atoms with E-state index in [1.807, 2.05) is 0 Å². The van der Waals surface area contributed by atoms with Crippen molar-refractivity contribution < 1.29 is 19.4 Å². The number of hydrogen-bond acceptors (Lipinski definition) is 5. The molecular formula is C11H10N2O4. The number of nitrogens with zero attached hydrogens (tertiary/aromatic N) is 2. The van der Waals surface area contributed by atoms with Crippen LogP contribution in [0.25, 0.3) is 10.9 Å². The minimum atomic E-state index is -1.21. The molecule has 1 aromatic carbocycles. The van der Waals surface area contributed by atoms with Crippen LogP contribution < -0.4 is 9.47 Å². The molecule has 2 aromatic rings. The Labute approximate surface area is 96.8 Å². The number of methoxy groups -OCH3 is 2. The molecule has 2 rings (SSSR count). The molecule has 0 aliphatic heterocycles. The van der Waals surface area contributed by atoms with Gasteiger partial charge in [0.1, 0.15) is 11.3 Å². The van der Waals surface area contributed by atoms with E-state index in [1.165, 1.54) is 14.2 Å². The zero-order chi connectivity index (χ0) is 12.4. The van der Waals surface area contributed by atoms with Crippen LogP contribution in [0.2, 0.25) is 0 Å². The molecule has 0 aliphatic carbocycles. The van der Waals surface area contributed by atoms with Gasteiger partial charge in [-0.15, -0.1) is 0 Å². The van der Waals surface area contributed by atoms with E-state index in [9.17, 15) is 4.79 Å². The van der Waals surface area contributed by atoms with Crippen molar-refractivity contribution in [1.29, 1.82) is 0 Å². The number of rotatable bonds is 3. The van der Waals surface area contributed by atoms with E-state index in [4.69, 9.17) is 14.6 Å². The molecule has 0 saturated carbocycles. The van der Waals surface area contributed by atoms with Gasteiger partial charge in [0, 0.05) is 0 Å². The van der Waals surface area contributed by atoms with Crippen molar-refractivity contribution in [2.45, 2.75) is 0 Å². The van der Waals surface area contributed by atoms with Gasteiger partial charge in [-0.1, -0.05) is 6.07 Å². The lowest BCUT2D eigenvalue weighted by Gasteiger charge is -2.08. The predicted octanol–water partition coefficient (Wildman–Crippen LogP) is 1.35. The number of fused-ring (bicyclic) bond motifs is 1. The summed E-state index contributed by atoms with van der Waals surface area (Å²) in [4.78, 5) is 18.6. The second kappa shape index (κ2) is 4.25. The van der Waals surface area contributed by atoms with Crippen LogP contribution in [0, 0.1) is 0 Å². The maximum atomic E-state index is 10.9. The lowest BCUT2D eigenvalue weighted by Crippen LogP contribution is -2.06. The first-order chi connectivity index (χ1) is 8.17. The van der Waals surface area contributed by atoms with Crippen molar-refractivity contribution >= 4 is 16.9 Å². The SMILES string of the molecule is COc1nc(C(=O)O)nc2c(OC)cccc12. The third-order valence-electron chi connectivity index (χ3n) is 2.26. The second-order valence-electron chi connectivity index (χ2n) is 3.22. The van der Waals surface area contributed by atoms with Crippen molar-refractivity contribution in [2.75, 3.05) is 14.2 Å². The Hall–Kier alpha value is -2.37. The summed E-state index contributed by atoms with van der Waals surface area (Å²) in [6, 6.07) is 5.19.